The summed E-state index contributed by atoms with van der Waals surface area (Å²) in [6.07, 6.45) is 7.79. The average Bonchev–Trinajstić information content (AvgIpc) is 3.24. The van der Waals surface area contributed by atoms with E-state index in [9.17, 15) is 4.79 Å². The quantitative estimate of drug-likeness (QED) is 0.629. The van der Waals surface area contributed by atoms with Gasteiger partial charge in [0.05, 0.1) is 18.2 Å². The van der Waals surface area contributed by atoms with Gasteiger partial charge in [0.1, 0.15) is 6.10 Å². The topological polar surface area (TPSA) is 101 Å². The van der Waals surface area contributed by atoms with Crippen molar-refractivity contribution in [2.45, 2.75) is 12.6 Å². The summed E-state index contributed by atoms with van der Waals surface area (Å²) in [6, 6.07) is 9.46. The van der Waals surface area contributed by atoms with Gasteiger partial charge in [-0.2, -0.15) is 0 Å². The highest BCUT2D eigenvalue weighted by Crippen LogP contribution is 2.27. The van der Waals surface area contributed by atoms with Crippen LogP contribution in [0.1, 0.15) is 10.6 Å². The Hall–Kier alpha value is -3.03. The first-order valence-electron chi connectivity index (χ1n) is 8.78. The molecule has 0 saturated carbocycles. The van der Waals surface area contributed by atoms with Gasteiger partial charge in [0, 0.05) is 35.2 Å². The molecule has 2 heterocycles. The van der Waals surface area contributed by atoms with Crippen molar-refractivity contribution < 1.29 is 9.53 Å². The second-order valence-corrected chi connectivity index (χ2v) is 7.26. The maximum absolute atomic E-state index is 12.7. The first-order chi connectivity index (χ1) is 13.6. The van der Waals surface area contributed by atoms with Crippen LogP contribution >= 0.6 is 11.3 Å². The van der Waals surface area contributed by atoms with Crippen molar-refractivity contribution in [1.82, 2.24) is 10.3 Å². The standard InChI is InChI=1S/C21H22N4O2S/c1-27-20-16(21(26)25-13-15-6-4-12-28-15)8-10-18(23)19(20)17(22)9-7-14-5-2-3-11-24-14/h2-12,19-20,22H,13,23H2,1H3,(H,25,26)/b9-7+,22-17?. The number of carbonyl (C=O) groups is 1. The maximum Gasteiger partial charge on any atom is 0.250 e. The number of hydrogen-bond donors (Lipinski definition) is 3. The third kappa shape index (κ3) is 4.62. The minimum absolute atomic E-state index is 0.226. The number of carbonyl (C=O) groups excluding carboxylic acids is 1. The Kier molecular flexibility index (Phi) is 6.52. The number of methoxy groups -OCH3 is 1. The van der Waals surface area contributed by atoms with Crippen LogP contribution in [-0.2, 0) is 16.1 Å². The fraction of sp³-hybridized carbons (Fsp3) is 0.190. The third-order valence-corrected chi connectivity index (χ3v) is 5.28. The molecule has 7 heteroatoms. The van der Waals surface area contributed by atoms with E-state index in [1.807, 2.05) is 35.7 Å². The summed E-state index contributed by atoms with van der Waals surface area (Å²) in [4.78, 5) is 18.0. The lowest BCUT2D eigenvalue weighted by Crippen LogP contribution is -2.41. The van der Waals surface area contributed by atoms with E-state index in [1.165, 1.54) is 7.11 Å². The highest BCUT2D eigenvalue weighted by atomic mass is 32.1. The van der Waals surface area contributed by atoms with Gasteiger partial charge in [0.25, 0.3) is 0 Å². The lowest BCUT2D eigenvalue weighted by molar-refractivity contribution is -0.119. The van der Waals surface area contributed by atoms with Crippen LogP contribution < -0.4 is 11.1 Å². The molecule has 144 valence electrons. The van der Waals surface area contributed by atoms with Crippen molar-refractivity contribution in [3.8, 4) is 0 Å². The summed E-state index contributed by atoms with van der Waals surface area (Å²) in [7, 11) is 1.52. The van der Waals surface area contributed by atoms with Crippen molar-refractivity contribution in [2.75, 3.05) is 7.11 Å². The Labute approximate surface area is 168 Å². The van der Waals surface area contributed by atoms with Crippen LogP contribution in [0.15, 0.2) is 71.4 Å². The van der Waals surface area contributed by atoms with Gasteiger partial charge in [-0.05, 0) is 47.9 Å². The number of nitrogens with two attached hydrogens (primary N) is 1. The Morgan fingerprint density at radius 3 is 2.89 bits per heavy atom. The van der Waals surface area contributed by atoms with E-state index in [0.29, 0.717) is 17.8 Å². The predicted molar refractivity (Wildman–Crippen MR) is 112 cm³/mol. The molecular weight excluding hydrogens is 372 g/mol. The molecule has 1 aliphatic carbocycles. The SMILES string of the molecule is COC1C(C(=O)NCc2cccs2)=CC=C(N)C1C(=N)/C=C/c1ccccn1. The van der Waals surface area contributed by atoms with Crippen LogP contribution in [0.4, 0.5) is 0 Å². The van der Waals surface area contributed by atoms with Crippen LogP contribution in [0.25, 0.3) is 6.08 Å². The number of allylic oxidation sites excluding steroid dienone is 3. The molecule has 2 unspecified atom stereocenters. The fourth-order valence-corrected chi connectivity index (χ4v) is 3.63. The maximum atomic E-state index is 12.7. The zero-order chi connectivity index (χ0) is 19.9. The van der Waals surface area contributed by atoms with E-state index in [0.717, 1.165) is 10.6 Å². The molecule has 3 rings (SSSR count). The number of nitrogens with one attached hydrogen (secondary N) is 2. The van der Waals surface area contributed by atoms with E-state index < -0.39 is 12.0 Å². The number of rotatable bonds is 7. The molecule has 6 nitrogen and oxygen atoms in total. The molecule has 0 radical (unpaired) electrons. The number of pyridine rings is 1. The summed E-state index contributed by atoms with van der Waals surface area (Å²) in [5.41, 5.74) is 8.07. The van der Waals surface area contributed by atoms with Crippen LogP contribution in [0.2, 0.25) is 0 Å². The van der Waals surface area contributed by atoms with Crippen LogP contribution in [-0.4, -0.2) is 29.8 Å². The number of thiophene rings is 1. The largest absolute Gasteiger partial charge is 0.401 e. The molecule has 0 aliphatic heterocycles. The van der Waals surface area contributed by atoms with Gasteiger partial charge in [-0.15, -0.1) is 11.3 Å². The summed E-state index contributed by atoms with van der Waals surface area (Å²) < 4.78 is 5.58. The molecule has 0 bridgehead atoms. The first kappa shape index (κ1) is 19.7. The fourth-order valence-electron chi connectivity index (χ4n) is 2.99. The van der Waals surface area contributed by atoms with E-state index in [-0.39, 0.29) is 11.6 Å². The zero-order valence-electron chi connectivity index (χ0n) is 15.5. The highest BCUT2D eigenvalue weighted by Gasteiger charge is 2.35. The van der Waals surface area contributed by atoms with E-state index >= 15 is 0 Å². The summed E-state index contributed by atoms with van der Waals surface area (Å²) in [5.74, 6) is -0.770. The van der Waals surface area contributed by atoms with Crippen molar-refractivity contribution in [1.29, 1.82) is 5.41 Å². The lowest BCUT2D eigenvalue weighted by Gasteiger charge is -2.30. The van der Waals surface area contributed by atoms with Gasteiger partial charge in [0.2, 0.25) is 5.91 Å². The van der Waals surface area contributed by atoms with E-state index in [2.05, 4.69) is 10.3 Å². The van der Waals surface area contributed by atoms with Crippen molar-refractivity contribution in [2.24, 2.45) is 11.7 Å². The lowest BCUT2D eigenvalue weighted by atomic mass is 9.84. The summed E-state index contributed by atoms with van der Waals surface area (Å²) >= 11 is 1.58. The number of ether oxygens (including phenoxy) is 1. The molecule has 2 aromatic rings. The molecule has 2 aromatic heterocycles. The van der Waals surface area contributed by atoms with Crippen molar-refractivity contribution in [3.63, 3.8) is 0 Å². The molecule has 1 aliphatic rings. The Morgan fingerprint density at radius 1 is 1.36 bits per heavy atom. The van der Waals surface area contributed by atoms with Crippen LogP contribution in [0.3, 0.4) is 0 Å². The van der Waals surface area contributed by atoms with Crippen molar-refractivity contribution >= 4 is 29.0 Å². The molecule has 4 N–H and O–H groups in total. The minimum atomic E-state index is -0.630. The molecule has 0 aromatic carbocycles. The van der Waals surface area contributed by atoms with E-state index in [1.54, 1.807) is 41.8 Å². The van der Waals surface area contributed by atoms with Crippen LogP contribution in [0, 0.1) is 11.3 Å². The predicted octanol–water partition coefficient (Wildman–Crippen LogP) is 2.91. The van der Waals surface area contributed by atoms with Gasteiger partial charge >= 0.3 is 0 Å². The first-order valence-corrected chi connectivity index (χ1v) is 9.66. The second-order valence-electron chi connectivity index (χ2n) is 6.23. The van der Waals surface area contributed by atoms with Gasteiger partial charge in [0.15, 0.2) is 0 Å². The average molecular weight is 395 g/mol. The van der Waals surface area contributed by atoms with Crippen LogP contribution in [0.5, 0.6) is 0 Å². The van der Waals surface area contributed by atoms with Gasteiger partial charge < -0.3 is 21.2 Å². The second kappa shape index (κ2) is 9.25. The zero-order valence-corrected chi connectivity index (χ0v) is 16.3. The smallest absolute Gasteiger partial charge is 0.250 e. The van der Waals surface area contributed by atoms with Gasteiger partial charge in [-0.25, -0.2) is 0 Å². The number of nitrogens with zero attached hydrogens (tertiary/aromatic N) is 1. The van der Waals surface area contributed by atoms with Gasteiger partial charge in [-0.1, -0.05) is 12.1 Å². The Morgan fingerprint density at radius 2 is 2.21 bits per heavy atom. The normalized spacial score (nSPS) is 19.2. The molecule has 0 fully saturated rings. The number of hydrogen-bond acceptors (Lipinski definition) is 6. The Bertz CT molecular complexity index is 917. The molecule has 0 saturated heterocycles. The minimum Gasteiger partial charge on any atom is -0.401 e. The molecule has 0 spiro atoms. The van der Waals surface area contributed by atoms with Crippen molar-refractivity contribution in [3.05, 3.63) is 82.0 Å². The molecule has 28 heavy (non-hydrogen) atoms. The summed E-state index contributed by atoms with van der Waals surface area (Å²) in [5, 5.41) is 13.3. The number of amides is 1. The molecule has 2 atom stereocenters. The Balaban J connectivity index is 1.74. The molecule has 1 amide bonds. The van der Waals surface area contributed by atoms with E-state index in [4.69, 9.17) is 15.9 Å². The summed E-state index contributed by atoms with van der Waals surface area (Å²) in [6.45, 7) is 0.450. The number of aromatic nitrogens is 1. The monoisotopic (exact) mass is 394 g/mol. The third-order valence-electron chi connectivity index (χ3n) is 4.40. The molecular formula is C21H22N4O2S. The highest BCUT2D eigenvalue weighted by molar-refractivity contribution is 7.09. The van der Waals surface area contributed by atoms with Gasteiger partial charge in [-0.3, -0.25) is 9.78 Å².